The maximum absolute atomic E-state index is 13.3. The maximum Gasteiger partial charge on any atom is 0.270 e. The number of rotatable bonds is 6. The van der Waals surface area contributed by atoms with Crippen molar-refractivity contribution in [2.24, 2.45) is 5.41 Å². The fourth-order valence-corrected chi connectivity index (χ4v) is 4.25. The molecule has 146 valence electrons. The molecule has 0 saturated heterocycles. The van der Waals surface area contributed by atoms with Gasteiger partial charge in [0.05, 0.1) is 10.6 Å². The van der Waals surface area contributed by atoms with Crippen molar-refractivity contribution in [2.45, 2.75) is 58.8 Å². The van der Waals surface area contributed by atoms with Crippen molar-refractivity contribution in [3.05, 3.63) is 59.7 Å². The summed E-state index contributed by atoms with van der Waals surface area (Å²) in [5.41, 5.74) is 1.63. The molecule has 0 unspecified atom stereocenters. The number of carbonyl (C=O) groups is 1. The number of amides is 1. The quantitative estimate of drug-likeness (QED) is 0.692. The summed E-state index contributed by atoms with van der Waals surface area (Å²) in [6.07, 6.45) is 3.11. The van der Waals surface area contributed by atoms with E-state index >= 15 is 0 Å². The summed E-state index contributed by atoms with van der Waals surface area (Å²) < 4.78 is 27.5. The first-order valence-electron chi connectivity index (χ1n) is 9.32. The first-order valence-corrected chi connectivity index (χ1v) is 10.8. The standard InChI is InChI=1S/C22H29NO3S/c1-6-7-8-18-11-13-19(14-12-18)23(21(24)22(3,4)5)27(25,26)20-15-9-17(2)10-16-20/h9-16H,6-8H2,1-5H3. The highest BCUT2D eigenvalue weighted by Crippen LogP contribution is 2.30. The van der Waals surface area contributed by atoms with Crippen LogP contribution in [0.5, 0.6) is 0 Å². The molecule has 0 aliphatic heterocycles. The van der Waals surface area contributed by atoms with E-state index in [9.17, 15) is 13.2 Å². The summed E-state index contributed by atoms with van der Waals surface area (Å²) in [6, 6.07) is 13.8. The normalized spacial score (nSPS) is 12.0. The molecule has 0 saturated carbocycles. The fourth-order valence-electron chi connectivity index (χ4n) is 2.66. The topological polar surface area (TPSA) is 54.5 Å². The predicted octanol–water partition coefficient (Wildman–Crippen LogP) is 5.11. The van der Waals surface area contributed by atoms with Crippen LogP contribution in [-0.2, 0) is 21.2 Å². The number of sulfonamides is 1. The zero-order chi connectivity index (χ0) is 20.2. The zero-order valence-corrected chi connectivity index (χ0v) is 17.6. The Morgan fingerprint density at radius 3 is 2.00 bits per heavy atom. The van der Waals surface area contributed by atoms with Crippen LogP contribution in [0.25, 0.3) is 0 Å². The fraction of sp³-hybridized carbons (Fsp3) is 0.409. The second-order valence-corrected chi connectivity index (χ2v) is 9.69. The predicted molar refractivity (Wildman–Crippen MR) is 110 cm³/mol. The summed E-state index contributed by atoms with van der Waals surface area (Å²) in [4.78, 5) is 13.2. The van der Waals surface area contributed by atoms with E-state index in [0.29, 0.717) is 5.69 Å². The summed E-state index contributed by atoms with van der Waals surface area (Å²) in [7, 11) is -4.00. The number of anilines is 1. The third-order valence-corrected chi connectivity index (χ3v) is 6.10. The molecule has 2 aromatic carbocycles. The van der Waals surface area contributed by atoms with Gasteiger partial charge in [-0.05, 0) is 49.6 Å². The molecule has 0 atom stereocenters. The molecule has 27 heavy (non-hydrogen) atoms. The molecule has 0 heterocycles. The van der Waals surface area contributed by atoms with Gasteiger partial charge in [-0.2, -0.15) is 0 Å². The molecule has 1 amide bonds. The molecule has 0 N–H and O–H groups in total. The average Bonchev–Trinajstić information content (AvgIpc) is 2.60. The van der Waals surface area contributed by atoms with Gasteiger partial charge in [0.15, 0.2) is 0 Å². The molecule has 0 aliphatic rings. The lowest BCUT2D eigenvalue weighted by molar-refractivity contribution is -0.124. The molecule has 2 aromatic rings. The third kappa shape index (κ3) is 4.98. The molecule has 0 aliphatic carbocycles. The highest BCUT2D eigenvalue weighted by atomic mass is 32.2. The van der Waals surface area contributed by atoms with Gasteiger partial charge in [0, 0.05) is 5.41 Å². The number of unbranched alkanes of at least 4 members (excludes halogenated alkanes) is 1. The van der Waals surface area contributed by atoms with Crippen molar-refractivity contribution in [1.29, 1.82) is 0 Å². The smallest absolute Gasteiger partial charge is 0.270 e. The maximum atomic E-state index is 13.3. The van der Waals surface area contributed by atoms with Gasteiger partial charge in [-0.15, -0.1) is 0 Å². The molecule has 0 aromatic heterocycles. The van der Waals surface area contributed by atoms with Crippen LogP contribution in [0.1, 0.15) is 51.7 Å². The van der Waals surface area contributed by atoms with E-state index in [-0.39, 0.29) is 4.90 Å². The van der Waals surface area contributed by atoms with Crippen LogP contribution in [0.3, 0.4) is 0 Å². The van der Waals surface area contributed by atoms with Gasteiger partial charge < -0.3 is 0 Å². The van der Waals surface area contributed by atoms with Crippen molar-refractivity contribution in [2.75, 3.05) is 4.31 Å². The summed E-state index contributed by atoms with van der Waals surface area (Å²) >= 11 is 0. The van der Waals surface area contributed by atoms with Crippen LogP contribution in [0, 0.1) is 12.3 Å². The van der Waals surface area contributed by atoms with E-state index in [4.69, 9.17) is 0 Å². The van der Waals surface area contributed by atoms with Crippen molar-refractivity contribution >= 4 is 21.6 Å². The molecule has 0 spiro atoms. The Bertz CT molecular complexity index is 877. The molecular weight excluding hydrogens is 358 g/mol. The van der Waals surface area contributed by atoms with Crippen LogP contribution in [0.4, 0.5) is 5.69 Å². The molecule has 0 radical (unpaired) electrons. The van der Waals surface area contributed by atoms with E-state index in [1.165, 1.54) is 0 Å². The molecule has 5 heteroatoms. The van der Waals surface area contributed by atoms with E-state index in [1.807, 2.05) is 19.1 Å². The van der Waals surface area contributed by atoms with Crippen molar-refractivity contribution in [3.63, 3.8) is 0 Å². The minimum absolute atomic E-state index is 0.112. The second-order valence-electron chi connectivity index (χ2n) is 7.91. The largest absolute Gasteiger partial charge is 0.273 e. The van der Waals surface area contributed by atoms with Gasteiger partial charge in [-0.1, -0.05) is 63.9 Å². The minimum atomic E-state index is -4.00. The van der Waals surface area contributed by atoms with Crippen molar-refractivity contribution < 1.29 is 13.2 Å². The van der Waals surface area contributed by atoms with Gasteiger partial charge >= 0.3 is 0 Å². The Morgan fingerprint density at radius 1 is 0.963 bits per heavy atom. The lowest BCUT2D eigenvalue weighted by Gasteiger charge is -2.29. The second kappa shape index (κ2) is 8.26. The number of hydrogen-bond donors (Lipinski definition) is 0. The van der Waals surface area contributed by atoms with Gasteiger partial charge in [0.25, 0.3) is 10.0 Å². The molecule has 2 rings (SSSR count). The minimum Gasteiger partial charge on any atom is -0.273 e. The highest BCUT2D eigenvalue weighted by Gasteiger charge is 2.37. The van der Waals surface area contributed by atoms with Crippen molar-refractivity contribution in [1.82, 2.24) is 0 Å². The molecule has 0 fully saturated rings. The first-order chi connectivity index (χ1) is 12.6. The Morgan fingerprint density at radius 2 is 1.52 bits per heavy atom. The van der Waals surface area contributed by atoms with Gasteiger partial charge in [0.2, 0.25) is 5.91 Å². The molecule has 4 nitrogen and oxygen atoms in total. The van der Waals surface area contributed by atoms with Gasteiger partial charge in [-0.3, -0.25) is 4.79 Å². The SMILES string of the molecule is CCCCc1ccc(N(C(=O)C(C)(C)C)S(=O)(=O)c2ccc(C)cc2)cc1. The van der Waals surface area contributed by atoms with Crippen LogP contribution in [0.15, 0.2) is 53.4 Å². The van der Waals surface area contributed by atoms with Crippen molar-refractivity contribution in [3.8, 4) is 0 Å². The van der Waals surface area contributed by atoms with Crippen LogP contribution in [-0.4, -0.2) is 14.3 Å². The summed E-state index contributed by atoms with van der Waals surface area (Å²) in [5.74, 6) is -0.454. The number of nitrogens with zero attached hydrogens (tertiary/aromatic N) is 1. The Labute approximate surface area is 163 Å². The molecular formula is C22H29NO3S. The van der Waals surface area contributed by atoms with Crippen LogP contribution >= 0.6 is 0 Å². The third-order valence-electron chi connectivity index (χ3n) is 4.38. The lowest BCUT2D eigenvalue weighted by atomic mass is 9.95. The number of aryl methyl sites for hydroxylation is 2. The monoisotopic (exact) mass is 387 g/mol. The summed E-state index contributed by atoms with van der Waals surface area (Å²) in [6.45, 7) is 9.20. The van der Waals surface area contributed by atoms with E-state index in [2.05, 4.69) is 6.92 Å². The summed E-state index contributed by atoms with van der Waals surface area (Å²) in [5, 5.41) is 0. The Balaban J connectivity index is 2.52. The van der Waals surface area contributed by atoms with E-state index in [1.54, 1.807) is 57.2 Å². The van der Waals surface area contributed by atoms with E-state index in [0.717, 1.165) is 34.7 Å². The zero-order valence-electron chi connectivity index (χ0n) is 16.8. The van der Waals surface area contributed by atoms with E-state index < -0.39 is 21.3 Å². The number of carbonyl (C=O) groups excluding carboxylic acids is 1. The van der Waals surface area contributed by atoms with Gasteiger partial charge in [-0.25, -0.2) is 12.7 Å². The first kappa shape index (κ1) is 21.2. The van der Waals surface area contributed by atoms with Crippen LogP contribution in [0.2, 0.25) is 0 Å². The Hall–Kier alpha value is -2.14. The van der Waals surface area contributed by atoms with Crippen LogP contribution < -0.4 is 4.31 Å². The Kier molecular flexibility index (Phi) is 6.47. The highest BCUT2D eigenvalue weighted by molar-refractivity contribution is 7.93. The lowest BCUT2D eigenvalue weighted by Crippen LogP contribution is -2.43. The van der Waals surface area contributed by atoms with Gasteiger partial charge in [0.1, 0.15) is 0 Å². The number of benzene rings is 2. The molecule has 0 bridgehead atoms. The number of hydrogen-bond acceptors (Lipinski definition) is 3. The average molecular weight is 388 g/mol.